The van der Waals surface area contributed by atoms with E-state index in [2.05, 4.69) is 15.1 Å². The molecule has 0 N–H and O–H groups in total. The summed E-state index contributed by atoms with van der Waals surface area (Å²) in [5.74, 6) is 2.92. The summed E-state index contributed by atoms with van der Waals surface area (Å²) in [6.45, 7) is 3.83. The second-order valence-corrected chi connectivity index (χ2v) is 7.12. The van der Waals surface area contributed by atoms with Crippen LogP contribution in [-0.4, -0.2) is 41.0 Å². The summed E-state index contributed by atoms with van der Waals surface area (Å²) in [7, 11) is 4.65. The summed E-state index contributed by atoms with van der Waals surface area (Å²) in [5, 5.41) is 4.75. The number of hydrogen-bond donors (Lipinski definition) is 0. The third-order valence-electron chi connectivity index (χ3n) is 4.92. The molecule has 4 rings (SSSR count). The molecule has 2 heterocycles. The zero-order valence-corrected chi connectivity index (χ0v) is 18.5. The van der Waals surface area contributed by atoms with Crippen molar-refractivity contribution in [3.63, 3.8) is 0 Å². The number of halogens is 1. The molecule has 0 aliphatic heterocycles. The van der Waals surface area contributed by atoms with Crippen molar-refractivity contribution < 1.29 is 18.7 Å². The van der Waals surface area contributed by atoms with Gasteiger partial charge in [-0.05, 0) is 38.1 Å². The standard InChI is InChI=1S/C22H21ClN4O4/c1-12-19(24-13(2)27(12)16-9-7-6-8-15(16)23)22-25-21(26-31-22)14-10-17(28-3)20(30-5)18(11-14)29-4/h6-11H,1-5H3. The molecule has 160 valence electrons. The molecule has 0 aliphatic carbocycles. The van der Waals surface area contributed by atoms with Crippen LogP contribution in [0.15, 0.2) is 40.9 Å². The molecule has 4 aromatic rings. The van der Waals surface area contributed by atoms with E-state index in [1.54, 1.807) is 33.5 Å². The second kappa shape index (κ2) is 8.31. The molecular formula is C22H21ClN4O4. The molecule has 8 nitrogen and oxygen atoms in total. The van der Waals surface area contributed by atoms with Crippen LogP contribution in [0.2, 0.25) is 5.02 Å². The smallest absolute Gasteiger partial charge is 0.278 e. The van der Waals surface area contributed by atoms with Gasteiger partial charge in [0.05, 0.1) is 37.7 Å². The summed E-state index contributed by atoms with van der Waals surface area (Å²) in [6.07, 6.45) is 0. The number of rotatable bonds is 6. The molecule has 0 amide bonds. The van der Waals surface area contributed by atoms with Crippen LogP contribution in [0.4, 0.5) is 0 Å². The minimum Gasteiger partial charge on any atom is -0.493 e. The number of para-hydroxylation sites is 1. The number of ether oxygens (including phenoxy) is 3. The predicted molar refractivity (Wildman–Crippen MR) is 116 cm³/mol. The highest BCUT2D eigenvalue weighted by atomic mass is 35.5. The summed E-state index contributed by atoms with van der Waals surface area (Å²) in [4.78, 5) is 9.19. The van der Waals surface area contributed by atoms with Crippen LogP contribution >= 0.6 is 11.6 Å². The van der Waals surface area contributed by atoms with Gasteiger partial charge in [0.25, 0.3) is 5.89 Å². The molecule has 2 aromatic heterocycles. The van der Waals surface area contributed by atoms with E-state index >= 15 is 0 Å². The fourth-order valence-corrected chi connectivity index (χ4v) is 3.70. The Morgan fingerprint density at radius 2 is 1.61 bits per heavy atom. The molecule has 0 saturated heterocycles. The van der Waals surface area contributed by atoms with Crippen LogP contribution in [0.5, 0.6) is 17.2 Å². The minimum absolute atomic E-state index is 0.301. The highest BCUT2D eigenvalue weighted by Gasteiger charge is 2.22. The van der Waals surface area contributed by atoms with E-state index in [-0.39, 0.29) is 0 Å². The van der Waals surface area contributed by atoms with Gasteiger partial charge in [0.2, 0.25) is 11.6 Å². The van der Waals surface area contributed by atoms with Crippen molar-refractivity contribution in [2.24, 2.45) is 0 Å². The van der Waals surface area contributed by atoms with Crippen molar-refractivity contribution in [2.45, 2.75) is 13.8 Å². The first-order chi connectivity index (χ1) is 15.0. The Balaban J connectivity index is 1.77. The maximum absolute atomic E-state index is 6.39. The fraction of sp³-hybridized carbons (Fsp3) is 0.227. The van der Waals surface area contributed by atoms with Crippen molar-refractivity contribution in [1.29, 1.82) is 0 Å². The van der Waals surface area contributed by atoms with E-state index in [1.807, 2.05) is 42.7 Å². The molecule has 9 heteroatoms. The van der Waals surface area contributed by atoms with Crippen LogP contribution in [0.1, 0.15) is 11.5 Å². The second-order valence-electron chi connectivity index (χ2n) is 6.72. The van der Waals surface area contributed by atoms with Crippen molar-refractivity contribution in [1.82, 2.24) is 19.7 Å². The number of imidazole rings is 1. The number of hydrogen-bond acceptors (Lipinski definition) is 7. The van der Waals surface area contributed by atoms with Gasteiger partial charge in [0.1, 0.15) is 11.5 Å². The van der Waals surface area contributed by atoms with Gasteiger partial charge in [-0.1, -0.05) is 28.9 Å². The number of aryl methyl sites for hydroxylation is 1. The Morgan fingerprint density at radius 1 is 0.935 bits per heavy atom. The highest BCUT2D eigenvalue weighted by Crippen LogP contribution is 2.41. The predicted octanol–water partition coefficient (Wildman–Crippen LogP) is 4.89. The molecule has 2 aromatic carbocycles. The van der Waals surface area contributed by atoms with Gasteiger partial charge in [-0.15, -0.1) is 0 Å². The third kappa shape index (κ3) is 3.59. The fourth-order valence-electron chi connectivity index (χ4n) is 3.48. The largest absolute Gasteiger partial charge is 0.493 e. The van der Waals surface area contributed by atoms with E-state index < -0.39 is 0 Å². The van der Waals surface area contributed by atoms with E-state index in [9.17, 15) is 0 Å². The van der Waals surface area contributed by atoms with E-state index in [1.165, 1.54) is 0 Å². The molecule has 0 fully saturated rings. The highest BCUT2D eigenvalue weighted by molar-refractivity contribution is 6.32. The van der Waals surface area contributed by atoms with Crippen LogP contribution in [0.3, 0.4) is 0 Å². The van der Waals surface area contributed by atoms with Crippen molar-refractivity contribution in [3.8, 4) is 45.9 Å². The maximum Gasteiger partial charge on any atom is 0.278 e. The van der Waals surface area contributed by atoms with Crippen molar-refractivity contribution >= 4 is 11.6 Å². The van der Waals surface area contributed by atoms with Gasteiger partial charge < -0.3 is 18.7 Å². The first-order valence-electron chi connectivity index (χ1n) is 9.43. The third-order valence-corrected chi connectivity index (χ3v) is 5.24. The number of nitrogens with zero attached hydrogens (tertiary/aromatic N) is 4. The Hall–Kier alpha value is -3.52. The monoisotopic (exact) mass is 440 g/mol. The normalized spacial score (nSPS) is 10.9. The molecule has 31 heavy (non-hydrogen) atoms. The average Bonchev–Trinajstić information content (AvgIpc) is 3.38. The van der Waals surface area contributed by atoms with Gasteiger partial charge in [-0.25, -0.2) is 4.98 Å². The molecule has 0 unspecified atom stereocenters. The van der Waals surface area contributed by atoms with Crippen LogP contribution in [0, 0.1) is 13.8 Å². The Labute approximate surface area is 184 Å². The molecule has 0 radical (unpaired) electrons. The van der Waals surface area contributed by atoms with E-state index in [0.717, 1.165) is 17.2 Å². The van der Waals surface area contributed by atoms with Gasteiger partial charge in [0.15, 0.2) is 11.5 Å². The SMILES string of the molecule is COc1cc(-c2noc(-c3nc(C)n(-c4ccccc4Cl)c3C)n2)cc(OC)c1OC. The summed E-state index contributed by atoms with van der Waals surface area (Å²) in [5.41, 5.74) is 2.92. The summed E-state index contributed by atoms with van der Waals surface area (Å²) >= 11 is 6.39. The molecule has 0 aliphatic rings. The van der Waals surface area contributed by atoms with Gasteiger partial charge in [-0.3, -0.25) is 4.57 Å². The summed E-state index contributed by atoms with van der Waals surface area (Å²) in [6, 6.07) is 11.1. The lowest BCUT2D eigenvalue weighted by atomic mass is 10.1. The lowest BCUT2D eigenvalue weighted by Gasteiger charge is -2.12. The lowest BCUT2D eigenvalue weighted by Crippen LogP contribution is -2.00. The lowest BCUT2D eigenvalue weighted by molar-refractivity contribution is 0.324. The molecular weight excluding hydrogens is 420 g/mol. The number of aromatic nitrogens is 4. The van der Waals surface area contributed by atoms with Crippen molar-refractivity contribution in [2.75, 3.05) is 21.3 Å². The first-order valence-corrected chi connectivity index (χ1v) is 9.81. The zero-order chi connectivity index (χ0) is 22.1. The first kappa shape index (κ1) is 20.7. The number of methoxy groups -OCH3 is 3. The quantitative estimate of drug-likeness (QED) is 0.422. The maximum atomic E-state index is 6.39. The Kier molecular flexibility index (Phi) is 5.56. The number of benzene rings is 2. The Morgan fingerprint density at radius 3 is 2.23 bits per heavy atom. The van der Waals surface area contributed by atoms with Gasteiger partial charge in [0, 0.05) is 5.56 Å². The van der Waals surface area contributed by atoms with E-state index in [0.29, 0.717) is 45.2 Å². The van der Waals surface area contributed by atoms with Crippen LogP contribution in [-0.2, 0) is 0 Å². The minimum atomic E-state index is 0.301. The molecule has 0 atom stereocenters. The van der Waals surface area contributed by atoms with Crippen LogP contribution in [0.25, 0.3) is 28.7 Å². The Bertz CT molecular complexity index is 1220. The molecule has 0 spiro atoms. The van der Waals surface area contributed by atoms with Crippen LogP contribution < -0.4 is 14.2 Å². The zero-order valence-electron chi connectivity index (χ0n) is 17.8. The topological polar surface area (TPSA) is 84.4 Å². The van der Waals surface area contributed by atoms with Crippen molar-refractivity contribution in [3.05, 3.63) is 52.9 Å². The van der Waals surface area contributed by atoms with Gasteiger partial charge in [-0.2, -0.15) is 4.98 Å². The van der Waals surface area contributed by atoms with Gasteiger partial charge >= 0.3 is 0 Å². The van der Waals surface area contributed by atoms with E-state index in [4.69, 9.17) is 30.3 Å². The molecule has 0 bridgehead atoms. The molecule has 0 saturated carbocycles. The average molecular weight is 441 g/mol. The summed E-state index contributed by atoms with van der Waals surface area (Å²) < 4.78 is 23.7.